The maximum atomic E-state index is 11.5. The van der Waals surface area contributed by atoms with Crippen LogP contribution in [0.15, 0.2) is 30.6 Å². The highest BCUT2D eigenvalue weighted by Gasteiger charge is 2.16. The number of carbonyl (C=O) groups excluding carboxylic acids is 1. The first kappa shape index (κ1) is 19.8. The van der Waals surface area contributed by atoms with Crippen molar-refractivity contribution in [3.63, 3.8) is 0 Å². The molecule has 2 aromatic heterocycles. The number of aldehydes is 1. The predicted molar refractivity (Wildman–Crippen MR) is 116 cm³/mol. The zero-order valence-corrected chi connectivity index (χ0v) is 18.3. The SMILES string of the molecule is C[Si](C)(C)CCOCn1cc(C=O)c2nc(Oc3ccc4c(c3)CCC4)cnc21. The molecule has 0 N–H and O–H groups in total. The van der Waals surface area contributed by atoms with E-state index in [-0.39, 0.29) is 0 Å². The number of benzene rings is 1. The number of aryl methyl sites for hydroxylation is 2. The largest absolute Gasteiger partial charge is 0.437 e. The zero-order valence-electron chi connectivity index (χ0n) is 17.3. The molecule has 152 valence electrons. The van der Waals surface area contributed by atoms with Crippen molar-refractivity contribution in [2.45, 2.75) is 51.7 Å². The lowest BCUT2D eigenvalue weighted by Crippen LogP contribution is -2.22. The van der Waals surface area contributed by atoms with E-state index < -0.39 is 8.07 Å². The van der Waals surface area contributed by atoms with Gasteiger partial charge in [0.15, 0.2) is 11.9 Å². The smallest absolute Gasteiger partial charge is 0.238 e. The molecular weight excluding hydrogens is 382 g/mol. The molecule has 0 bridgehead atoms. The molecule has 7 heteroatoms. The topological polar surface area (TPSA) is 66.2 Å². The van der Waals surface area contributed by atoms with Crippen LogP contribution in [-0.4, -0.2) is 35.5 Å². The number of rotatable bonds is 8. The minimum Gasteiger partial charge on any atom is -0.437 e. The maximum Gasteiger partial charge on any atom is 0.238 e. The highest BCUT2D eigenvalue weighted by Crippen LogP contribution is 2.29. The fourth-order valence-electron chi connectivity index (χ4n) is 3.57. The van der Waals surface area contributed by atoms with Gasteiger partial charge in [-0.25, -0.2) is 9.97 Å². The van der Waals surface area contributed by atoms with Crippen molar-refractivity contribution in [1.29, 1.82) is 0 Å². The number of nitrogens with zero attached hydrogens (tertiary/aromatic N) is 3. The summed E-state index contributed by atoms with van der Waals surface area (Å²) in [6.07, 6.45) is 7.56. The molecule has 0 aliphatic heterocycles. The third-order valence-corrected chi connectivity index (χ3v) is 6.92. The molecule has 0 amide bonds. The Bertz CT molecular complexity index is 1040. The van der Waals surface area contributed by atoms with Crippen molar-refractivity contribution >= 4 is 25.5 Å². The van der Waals surface area contributed by atoms with E-state index in [1.54, 1.807) is 12.4 Å². The third-order valence-electron chi connectivity index (χ3n) is 5.22. The molecule has 0 radical (unpaired) electrons. The fourth-order valence-corrected chi connectivity index (χ4v) is 4.32. The van der Waals surface area contributed by atoms with Gasteiger partial charge in [0.2, 0.25) is 5.88 Å². The first-order valence-electron chi connectivity index (χ1n) is 10.1. The molecule has 0 unspecified atom stereocenters. The van der Waals surface area contributed by atoms with Crippen LogP contribution < -0.4 is 4.74 Å². The molecule has 1 aromatic carbocycles. The molecule has 0 saturated heterocycles. The molecule has 0 saturated carbocycles. The molecule has 6 nitrogen and oxygen atoms in total. The van der Waals surface area contributed by atoms with Crippen LogP contribution in [0.2, 0.25) is 25.7 Å². The van der Waals surface area contributed by atoms with Gasteiger partial charge in [0.25, 0.3) is 0 Å². The summed E-state index contributed by atoms with van der Waals surface area (Å²) >= 11 is 0. The molecule has 0 spiro atoms. The summed E-state index contributed by atoms with van der Waals surface area (Å²) in [5, 5.41) is 0. The Hall–Kier alpha value is -2.51. The van der Waals surface area contributed by atoms with Crippen molar-refractivity contribution in [3.8, 4) is 11.6 Å². The Labute approximate surface area is 171 Å². The number of ether oxygens (including phenoxy) is 2. The standard InChI is InChI=1S/C22H27N3O3Si/c1-29(2,3)10-9-27-15-25-13-18(14-26)21-22(25)23-12-20(24-21)28-19-8-7-16-5-4-6-17(16)11-19/h7-8,11-14H,4-6,9-10,15H2,1-3H3. The molecule has 1 aliphatic rings. The van der Waals surface area contributed by atoms with Crippen LogP contribution in [0.4, 0.5) is 0 Å². The van der Waals surface area contributed by atoms with Crippen LogP contribution in [0.1, 0.15) is 27.9 Å². The van der Waals surface area contributed by atoms with Gasteiger partial charge < -0.3 is 14.0 Å². The summed E-state index contributed by atoms with van der Waals surface area (Å²) in [5.41, 5.74) is 4.38. The Morgan fingerprint density at radius 3 is 2.83 bits per heavy atom. The Kier molecular flexibility index (Phi) is 5.51. The first-order chi connectivity index (χ1) is 13.9. The van der Waals surface area contributed by atoms with Gasteiger partial charge in [0.05, 0.1) is 11.8 Å². The van der Waals surface area contributed by atoms with Crippen LogP contribution in [0.25, 0.3) is 11.2 Å². The second kappa shape index (κ2) is 8.08. The van der Waals surface area contributed by atoms with Crippen molar-refractivity contribution in [3.05, 3.63) is 47.3 Å². The Balaban J connectivity index is 1.52. The van der Waals surface area contributed by atoms with E-state index >= 15 is 0 Å². The normalized spacial score (nSPS) is 13.6. The van der Waals surface area contributed by atoms with Gasteiger partial charge in [-0.1, -0.05) is 25.7 Å². The van der Waals surface area contributed by atoms with Crippen LogP contribution in [0.3, 0.4) is 0 Å². The summed E-state index contributed by atoms with van der Waals surface area (Å²) in [7, 11) is -1.14. The second-order valence-corrected chi connectivity index (χ2v) is 14.4. The first-order valence-corrected chi connectivity index (χ1v) is 13.8. The molecule has 0 atom stereocenters. The molecule has 2 heterocycles. The lowest BCUT2D eigenvalue weighted by Gasteiger charge is -2.15. The Morgan fingerprint density at radius 2 is 2.03 bits per heavy atom. The van der Waals surface area contributed by atoms with Gasteiger partial charge in [0.1, 0.15) is 18.0 Å². The minimum absolute atomic E-state index is 0.356. The van der Waals surface area contributed by atoms with Gasteiger partial charge in [0, 0.05) is 20.9 Å². The van der Waals surface area contributed by atoms with Crippen molar-refractivity contribution in [1.82, 2.24) is 14.5 Å². The van der Waals surface area contributed by atoms with E-state index in [9.17, 15) is 4.79 Å². The van der Waals surface area contributed by atoms with Gasteiger partial charge in [-0.2, -0.15) is 0 Å². The van der Waals surface area contributed by atoms with Crippen molar-refractivity contribution in [2.24, 2.45) is 0 Å². The van der Waals surface area contributed by atoms with E-state index in [1.165, 1.54) is 17.5 Å². The summed E-state index contributed by atoms with van der Waals surface area (Å²) in [5.74, 6) is 1.14. The highest BCUT2D eigenvalue weighted by molar-refractivity contribution is 6.76. The average molecular weight is 410 g/mol. The van der Waals surface area contributed by atoms with Gasteiger partial charge in [-0.3, -0.25) is 4.79 Å². The molecule has 3 aromatic rings. The maximum absolute atomic E-state index is 11.5. The molecule has 1 aliphatic carbocycles. The second-order valence-electron chi connectivity index (χ2n) is 8.79. The summed E-state index contributed by atoms with van der Waals surface area (Å²) in [6.45, 7) is 8.02. The molecular formula is C22H27N3O3Si. The van der Waals surface area contributed by atoms with E-state index in [2.05, 4.69) is 41.7 Å². The monoisotopic (exact) mass is 409 g/mol. The van der Waals surface area contributed by atoms with E-state index in [4.69, 9.17) is 9.47 Å². The number of carbonyl (C=O) groups is 1. The lowest BCUT2D eigenvalue weighted by atomic mass is 10.1. The molecule has 0 fully saturated rings. The van der Waals surface area contributed by atoms with E-state index in [0.717, 1.165) is 30.9 Å². The van der Waals surface area contributed by atoms with Crippen LogP contribution in [-0.2, 0) is 24.3 Å². The quantitative estimate of drug-likeness (QED) is 0.303. The van der Waals surface area contributed by atoms with Crippen molar-refractivity contribution in [2.75, 3.05) is 6.61 Å². The number of fused-ring (bicyclic) bond motifs is 2. The average Bonchev–Trinajstić information content (AvgIpc) is 3.28. The predicted octanol–water partition coefficient (Wildman–Crippen LogP) is 4.84. The van der Waals surface area contributed by atoms with Gasteiger partial charge >= 0.3 is 0 Å². The number of aromatic nitrogens is 3. The van der Waals surface area contributed by atoms with Crippen molar-refractivity contribution < 1.29 is 14.3 Å². The summed E-state index contributed by atoms with van der Waals surface area (Å²) in [4.78, 5) is 20.6. The third kappa shape index (κ3) is 4.57. The minimum atomic E-state index is -1.14. The molecule has 4 rings (SSSR count). The van der Waals surface area contributed by atoms with Gasteiger partial charge in [-0.15, -0.1) is 0 Å². The van der Waals surface area contributed by atoms with Crippen LogP contribution in [0.5, 0.6) is 11.6 Å². The van der Waals surface area contributed by atoms with E-state index in [1.807, 2.05) is 10.6 Å². The molecule has 29 heavy (non-hydrogen) atoms. The summed E-state index contributed by atoms with van der Waals surface area (Å²) in [6, 6.07) is 7.26. The fraction of sp³-hybridized carbons (Fsp3) is 0.409. The zero-order chi connectivity index (χ0) is 20.4. The van der Waals surface area contributed by atoms with E-state index in [0.29, 0.717) is 35.9 Å². The number of hydrogen-bond acceptors (Lipinski definition) is 5. The lowest BCUT2D eigenvalue weighted by molar-refractivity contribution is 0.0897. The highest BCUT2D eigenvalue weighted by atomic mass is 28.3. The van der Waals surface area contributed by atoms with Crippen LogP contribution in [0, 0.1) is 0 Å². The Morgan fingerprint density at radius 1 is 1.21 bits per heavy atom. The van der Waals surface area contributed by atoms with Crippen LogP contribution >= 0.6 is 0 Å². The van der Waals surface area contributed by atoms with Gasteiger partial charge in [-0.05, 0) is 48.6 Å². The summed E-state index contributed by atoms with van der Waals surface area (Å²) < 4.78 is 13.6. The number of hydrogen-bond donors (Lipinski definition) is 0.